The lowest BCUT2D eigenvalue weighted by atomic mass is 10.3. The first-order chi connectivity index (χ1) is 11.2. The van der Waals surface area contributed by atoms with Gasteiger partial charge in [0.25, 0.3) is 0 Å². The fraction of sp³-hybridized carbons (Fsp3) is 0.0667. The fourth-order valence-corrected chi connectivity index (χ4v) is 1.86. The first-order valence-corrected chi connectivity index (χ1v) is 6.76. The molecular weight excluding hydrogens is 302 g/mol. The monoisotopic (exact) mass is 314 g/mol. The molecule has 0 atom stereocenters. The van der Waals surface area contributed by atoms with Crippen LogP contribution < -0.4 is 10.6 Å². The zero-order valence-corrected chi connectivity index (χ0v) is 11.9. The van der Waals surface area contributed by atoms with Crippen LogP contribution >= 0.6 is 0 Å². The van der Waals surface area contributed by atoms with Crippen molar-refractivity contribution in [3.8, 4) is 0 Å². The molecule has 0 amide bonds. The van der Waals surface area contributed by atoms with Crippen molar-refractivity contribution in [3.05, 3.63) is 66.1 Å². The van der Waals surface area contributed by atoms with E-state index in [9.17, 15) is 8.78 Å². The summed E-state index contributed by atoms with van der Waals surface area (Å²) in [5.74, 6) is -1.04. The molecule has 0 aliphatic rings. The molecule has 0 bridgehead atoms. The second-order valence-electron chi connectivity index (χ2n) is 4.60. The van der Waals surface area contributed by atoms with Crippen molar-refractivity contribution in [1.82, 2.24) is 20.2 Å². The summed E-state index contributed by atoms with van der Waals surface area (Å²) in [6.07, 6.45) is 4.79. The van der Waals surface area contributed by atoms with Crippen LogP contribution in [0, 0.1) is 11.6 Å². The van der Waals surface area contributed by atoms with Crippen LogP contribution in [0.15, 0.2) is 48.9 Å². The topological polar surface area (TPSA) is 75.6 Å². The van der Waals surface area contributed by atoms with Crippen LogP contribution in [-0.4, -0.2) is 20.2 Å². The highest BCUT2D eigenvalue weighted by Crippen LogP contribution is 2.21. The predicted octanol–water partition coefficient (Wildman–Crippen LogP) is 2.90. The number of hydrogen-bond donors (Lipinski definition) is 2. The van der Waals surface area contributed by atoms with Crippen molar-refractivity contribution in [1.29, 1.82) is 0 Å². The second-order valence-corrected chi connectivity index (χ2v) is 4.60. The van der Waals surface area contributed by atoms with Crippen molar-refractivity contribution in [2.45, 2.75) is 6.54 Å². The molecule has 0 aliphatic carbocycles. The third-order valence-electron chi connectivity index (χ3n) is 2.98. The van der Waals surface area contributed by atoms with E-state index in [-0.39, 0.29) is 11.6 Å². The molecule has 116 valence electrons. The number of nitrogens with zero attached hydrogens (tertiary/aromatic N) is 4. The first kappa shape index (κ1) is 14.8. The maximum absolute atomic E-state index is 13.6. The summed E-state index contributed by atoms with van der Waals surface area (Å²) in [4.78, 5) is 8.05. The predicted molar refractivity (Wildman–Crippen MR) is 81.0 cm³/mol. The van der Waals surface area contributed by atoms with E-state index in [1.165, 1.54) is 12.3 Å². The van der Waals surface area contributed by atoms with E-state index < -0.39 is 11.6 Å². The van der Waals surface area contributed by atoms with Crippen LogP contribution in [0.3, 0.4) is 0 Å². The molecule has 2 N–H and O–H groups in total. The average molecular weight is 314 g/mol. The van der Waals surface area contributed by atoms with E-state index in [4.69, 9.17) is 0 Å². The van der Waals surface area contributed by atoms with Gasteiger partial charge in [0.1, 0.15) is 17.3 Å². The molecule has 0 radical (unpaired) electrons. The molecule has 6 nitrogen and oxygen atoms in total. The van der Waals surface area contributed by atoms with Crippen LogP contribution in [0.1, 0.15) is 5.56 Å². The minimum absolute atomic E-state index is 0.00581. The number of anilines is 3. The number of halogens is 2. The maximum Gasteiger partial charge on any atom is 0.249 e. The van der Waals surface area contributed by atoms with Gasteiger partial charge in [-0.15, -0.1) is 5.10 Å². The van der Waals surface area contributed by atoms with Gasteiger partial charge in [-0.05, 0) is 29.8 Å². The largest absolute Gasteiger partial charge is 0.365 e. The average Bonchev–Trinajstić information content (AvgIpc) is 2.58. The van der Waals surface area contributed by atoms with Crippen molar-refractivity contribution in [2.75, 3.05) is 10.6 Å². The molecule has 2 heterocycles. The van der Waals surface area contributed by atoms with E-state index in [1.54, 1.807) is 12.4 Å². The number of para-hydroxylation sites is 1. The molecule has 0 spiro atoms. The van der Waals surface area contributed by atoms with Crippen molar-refractivity contribution >= 4 is 17.5 Å². The Morgan fingerprint density at radius 2 is 1.74 bits per heavy atom. The van der Waals surface area contributed by atoms with Gasteiger partial charge >= 0.3 is 0 Å². The van der Waals surface area contributed by atoms with E-state index in [1.807, 2.05) is 12.1 Å². The van der Waals surface area contributed by atoms with Gasteiger partial charge in [0.15, 0.2) is 5.82 Å². The number of benzene rings is 1. The highest BCUT2D eigenvalue weighted by Gasteiger charge is 2.10. The van der Waals surface area contributed by atoms with Gasteiger partial charge < -0.3 is 10.6 Å². The van der Waals surface area contributed by atoms with Gasteiger partial charge in [-0.2, -0.15) is 10.1 Å². The molecule has 3 aromatic rings. The van der Waals surface area contributed by atoms with E-state index >= 15 is 0 Å². The molecule has 0 saturated heterocycles. The third-order valence-corrected chi connectivity index (χ3v) is 2.98. The minimum Gasteiger partial charge on any atom is -0.365 e. The zero-order chi connectivity index (χ0) is 16.1. The lowest BCUT2D eigenvalue weighted by Gasteiger charge is -2.08. The second kappa shape index (κ2) is 6.73. The summed E-state index contributed by atoms with van der Waals surface area (Å²) in [5.41, 5.74) is 0.689. The minimum atomic E-state index is -0.733. The molecule has 2 aromatic heterocycles. The van der Waals surface area contributed by atoms with Crippen LogP contribution in [0.25, 0.3) is 0 Å². The molecule has 0 unspecified atom stereocenters. The molecule has 1 aromatic carbocycles. The molecule has 0 saturated carbocycles. The quantitative estimate of drug-likeness (QED) is 0.754. The molecule has 0 fully saturated rings. The summed E-state index contributed by atoms with van der Waals surface area (Å²) in [6, 6.07) is 7.28. The smallest absolute Gasteiger partial charge is 0.249 e. The SMILES string of the molecule is Fc1cccc(F)c1Nc1nncc(NCc2ccncc2)n1. The van der Waals surface area contributed by atoms with Crippen LogP contribution in [-0.2, 0) is 6.54 Å². The number of nitrogens with one attached hydrogen (secondary N) is 2. The fourth-order valence-electron chi connectivity index (χ4n) is 1.86. The molecule has 3 rings (SSSR count). The van der Waals surface area contributed by atoms with Crippen molar-refractivity contribution in [2.24, 2.45) is 0 Å². The standard InChI is InChI=1S/C15H12F2N6/c16-11-2-1-3-12(17)14(11)22-15-21-13(9-20-23-15)19-8-10-4-6-18-7-5-10/h1-7,9H,8H2,(H2,19,21,22,23). The van der Waals surface area contributed by atoms with Crippen LogP contribution in [0.4, 0.5) is 26.2 Å². The Morgan fingerprint density at radius 1 is 1.00 bits per heavy atom. The number of hydrogen-bond acceptors (Lipinski definition) is 6. The Bertz CT molecular complexity index is 777. The van der Waals surface area contributed by atoms with Gasteiger partial charge in [0, 0.05) is 18.9 Å². The van der Waals surface area contributed by atoms with Gasteiger partial charge in [-0.1, -0.05) is 6.07 Å². The van der Waals surface area contributed by atoms with Gasteiger partial charge in [0.05, 0.1) is 6.20 Å². The maximum atomic E-state index is 13.6. The summed E-state index contributed by atoms with van der Waals surface area (Å²) in [5, 5.41) is 13.0. The molecule has 0 aliphatic heterocycles. The Kier molecular flexibility index (Phi) is 4.32. The van der Waals surface area contributed by atoms with E-state index in [0.717, 1.165) is 17.7 Å². The third kappa shape index (κ3) is 3.73. The summed E-state index contributed by atoms with van der Waals surface area (Å²) in [6.45, 7) is 0.509. The first-order valence-electron chi connectivity index (χ1n) is 6.76. The highest BCUT2D eigenvalue weighted by atomic mass is 19.1. The molecular formula is C15H12F2N6. The number of rotatable bonds is 5. The van der Waals surface area contributed by atoms with Gasteiger partial charge in [-0.3, -0.25) is 4.98 Å². The Hall–Kier alpha value is -3.16. The summed E-state index contributed by atoms with van der Waals surface area (Å²) < 4.78 is 27.2. The Labute approximate surface area is 130 Å². The summed E-state index contributed by atoms with van der Waals surface area (Å²) >= 11 is 0. The molecule has 8 heteroatoms. The Morgan fingerprint density at radius 3 is 2.48 bits per heavy atom. The molecule has 23 heavy (non-hydrogen) atoms. The Balaban J connectivity index is 1.72. The van der Waals surface area contributed by atoms with Crippen molar-refractivity contribution in [3.63, 3.8) is 0 Å². The lowest BCUT2D eigenvalue weighted by molar-refractivity contribution is 0.590. The highest BCUT2D eigenvalue weighted by molar-refractivity contribution is 5.55. The lowest BCUT2D eigenvalue weighted by Crippen LogP contribution is -2.07. The zero-order valence-electron chi connectivity index (χ0n) is 11.9. The summed E-state index contributed by atoms with van der Waals surface area (Å²) in [7, 11) is 0. The number of aromatic nitrogens is 4. The van der Waals surface area contributed by atoms with E-state index in [2.05, 4.69) is 30.8 Å². The van der Waals surface area contributed by atoms with Gasteiger partial charge in [0.2, 0.25) is 5.95 Å². The normalized spacial score (nSPS) is 10.3. The van der Waals surface area contributed by atoms with Gasteiger partial charge in [-0.25, -0.2) is 8.78 Å². The van der Waals surface area contributed by atoms with Crippen LogP contribution in [0.5, 0.6) is 0 Å². The van der Waals surface area contributed by atoms with E-state index in [0.29, 0.717) is 12.4 Å². The number of pyridine rings is 1. The van der Waals surface area contributed by atoms with Crippen molar-refractivity contribution < 1.29 is 8.78 Å². The van der Waals surface area contributed by atoms with Crippen LogP contribution in [0.2, 0.25) is 0 Å².